The van der Waals surface area contributed by atoms with Crippen molar-refractivity contribution in [1.29, 1.82) is 0 Å². The van der Waals surface area contributed by atoms with Gasteiger partial charge in [-0.05, 0) is 36.7 Å². The molecule has 1 aliphatic rings. The maximum atomic E-state index is 12.7. The highest BCUT2D eigenvalue weighted by atomic mass is 32.1. The fraction of sp³-hybridized carbons (Fsp3) is 0.417. The Labute approximate surface area is 109 Å². The second-order valence-electron chi connectivity index (χ2n) is 4.26. The van der Waals surface area contributed by atoms with E-state index < -0.39 is 11.7 Å². The van der Waals surface area contributed by atoms with Crippen molar-refractivity contribution in [2.75, 3.05) is 0 Å². The summed E-state index contributed by atoms with van der Waals surface area (Å²) in [7, 11) is 0. The second kappa shape index (κ2) is 5.14. The van der Waals surface area contributed by atoms with Gasteiger partial charge in [-0.25, -0.2) is 0 Å². The van der Waals surface area contributed by atoms with E-state index in [1.165, 1.54) is 12.1 Å². The van der Waals surface area contributed by atoms with Gasteiger partial charge in [0.2, 0.25) is 0 Å². The first kappa shape index (κ1) is 13.1. The van der Waals surface area contributed by atoms with Crippen LogP contribution in [-0.4, -0.2) is 11.2 Å². The van der Waals surface area contributed by atoms with Crippen LogP contribution in [0.1, 0.15) is 24.0 Å². The lowest BCUT2D eigenvalue weighted by molar-refractivity contribution is -0.138. The number of alkyl halides is 3. The molecule has 0 heterocycles. The van der Waals surface area contributed by atoms with Gasteiger partial charge in [-0.3, -0.25) is 0 Å². The molecule has 18 heavy (non-hydrogen) atoms. The summed E-state index contributed by atoms with van der Waals surface area (Å²) >= 11 is 5.00. The van der Waals surface area contributed by atoms with Crippen LogP contribution in [0.2, 0.25) is 0 Å². The summed E-state index contributed by atoms with van der Waals surface area (Å²) in [5, 5.41) is 6.24. The molecule has 1 aliphatic carbocycles. The van der Waals surface area contributed by atoms with Crippen molar-refractivity contribution in [2.24, 2.45) is 0 Å². The van der Waals surface area contributed by atoms with E-state index in [0.717, 1.165) is 18.9 Å². The summed E-state index contributed by atoms with van der Waals surface area (Å²) < 4.78 is 38.2. The van der Waals surface area contributed by atoms with E-state index in [1.54, 1.807) is 6.07 Å². The Balaban J connectivity index is 1.97. The third kappa shape index (κ3) is 3.60. The monoisotopic (exact) mass is 274 g/mol. The molecule has 0 unspecified atom stereocenters. The normalized spacial score (nSPS) is 15.3. The highest BCUT2D eigenvalue weighted by Gasteiger charge is 2.32. The van der Waals surface area contributed by atoms with Crippen molar-refractivity contribution in [1.82, 2.24) is 10.6 Å². The van der Waals surface area contributed by atoms with Crippen LogP contribution in [0.25, 0.3) is 0 Å². The Morgan fingerprint density at radius 2 is 1.94 bits per heavy atom. The van der Waals surface area contributed by atoms with E-state index >= 15 is 0 Å². The molecule has 0 atom stereocenters. The molecule has 0 aliphatic heterocycles. The quantitative estimate of drug-likeness (QED) is 0.829. The van der Waals surface area contributed by atoms with Crippen LogP contribution in [0.3, 0.4) is 0 Å². The SMILES string of the molecule is FC(F)(F)c1ccccc1CNC(=S)NC1CC1. The first-order chi connectivity index (χ1) is 8.47. The number of halogens is 3. The van der Waals surface area contributed by atoms with Crippen LogP contribution in [0, 0.1) is 0 Å². The lowest BCUT2D eigenvalue weighted by atomic mass is 10.1. The fourth-order valence-corrected chi connectivity index (χ4v) is 1.83. The maximum absolute atomic E-state index is 12.7. The zero-order valence-corrected chi connectivity index (χ0v) is 10.4. The van der Waals surface area contributed by atoms with Crippen LogP contribution in [-0.2, 0) is 12.7 Å². The average Bonchev–Trinajstić information content (AvgIpc) is 3.09. The first-order valence-corrected chi connectivity index (χ1v) is 6.07. The molecule has 2 nitrogen and oxygen atoms in total. The van der Waals surface area contributed by atoms with Crippen molar-refractivity contribution in [3.8, 4) is 0 Å². The van der Waals surface area contributed by atoms with Crippen LogP contribution in [0.15, 0.2) is 24.3 Å². The lowest BCUT2D eigenvalue weighted by Crippen LogP contribution is -2.36. The van der Waals surface area contributed by atoms with E-state index in [9.17, 15) is 13.2 Å². The van der Waals surface area contributed by atoms with Gasteiger partial charge < -0.3 is 10.6 Å². The predicted octanol–water partition coefficient (Wildman–Crippen LogP) is 2.83. The zero-order chi connectivity index (χ0) is 13.2. The molecule has 0 bridgehead atoms. The molecule has 6 heteroatoms. The molecule has 0 radical (unpaired) electrons. The molecule has 98 valence electrons. The van der Waals surface area contributed by atoms with Gasteiger partial charge in [-0.2, -0.15) is 13.2 Å². The minimum Gasteiger partial charge on any atom is -0.360 e. The Bertz CT molecular complexity index is 441. The standard InChI is InChI=1S/C12H13F3N2S/c13-12(14,15)10-4-2-1-3-8(10)7-16-11(18)17-9-5-6-9/h1-4,9H,5-7H2,(H2,16,17,18). The van der Waals surface area contributed by atoms with Gasteiger partial charge in [0.25, 0.3) is 0 Å². The molecule has 0 amide bonds. The largest absolute Gasteiger partial charge is 0.416 e. The van der Waals surface area contributed by atoms with Crippen molar-refractivity contribution in [2.45, 2.75) is 31.6 Å². The summed E-state index contributed by atoms with van der Waals surface area (Å²) in [5.41, 5.74) is -0.420. The van der Waals surface area contributed by atoms with Crippen LogP contribution in [0.5, 0.6) is 0 Å². The summed E-state index contributed by atoms with van der Waals surface area (Å²) in [5.74, 6) is 0. The van der Waals surface area contributed by atoms with Gasteiger partial charge in [-0.15, -0.1) is 0 Å². The number of hydrogen-bond donors (Lipinski definition) is 2. The molecule has 1 aromatic rings. The summed E-state index contributed by atoms with van der Waals surface area (Å²) in [6.45, 7) is 0.0776. The minimum atomic E-state index is -4.33. The van der Waals surface area contributed by atoms with Crippen molar-refractivity contribution in [3.05, 3.63) is 35.4 Å². The molecular formula is C12H13F3N2S. The van der Waals surface area contributed by atoms with Gasteiger partial charge >= 0.3 is 6.18 Å². The smallest absolute Gasteiger partial charge is 0.360 e. The molecule has 1 saturated carbocycles. The Kier molecular flexibility index (Phi) is 3.75. The van der Waals surface area contributed by atoms with Gasteiger partial charge in [0.15, 0.2) is 5.11 Å². The molecule has 1 fully saturated rings. The Morgan fingerprint density at radius 3 is 2.56 bits per heavy atom. The number of hydrogen-bond acceptors (Lipinski definition) is 1. The van der Waals surface area contributed by atoms with Crippen molar-refractivity contribution >= 4 is 17.3 Å². The Morgan fingerprint density at radius 1 is 1.28 bits per heavy atom. The third-order valence-corrected chi connectivity index (χ3v) is 2.94. The highest BCUT2D eigenvalue weighted by molar-refractivity contribution is 7.80. The van der Waals surface area contributed by atoms with Crippen LogP contribution in [0.4, 0.5) is 13.2 Å². The average molecular weight is 274 g/mol. The summed E-state index contributed by atoms with van der Waals surface area (Å²) in [4.78, 5) is 0. The molecule has 2 rings (SSSR count). The molecule has 1 aromatic carbocycles. The maximum Gasteiger partial charge on any atom is 0.416 e. The minimum absolute atomic E-state index is 0.0776. The summed E-state index contributed by atoms with van der Waals surface area (Å²) in [6, 6.07) is 5.89. The topological polar surface area (TPSA) is 24.1 Å². The van der Waals surface area contributed by atoms with Crippen LogP contribution >= 0.6 is 12.2 Å². The van der Waals surface area contributed by atoms with E-state index in [4.69, 9.17) is 12.2 Å². The van der Waals surface area contributed by atoms with E-state index in [1.807, 2.05) is 0 Å². The molecule has 2 N–H and O–H groups in total. The van der Waals surface area contributed by atoms with Gasteiger partial charge in [0, 0.05) is 12.6 Å². The molecule has 0 aromatic heterocycles. The second-order valence-corrected chi connectivity index (χ2v) is 4.66. The number of thiocarbonyl (C=S) groups is 1. The van der Waals surface area contributed by atoms with E-state index in [2.05, 4.69) is 10.6 Å². The molecule has 0 saturated heterocycles. The molecule has 0 spiro atoms. The third-order valence-electron chi connectivity index (χ3n) is 2.67. The van der Waals surface area contributed by atoms with E-state index in [0.29, 0.717) is 11.2 Å². The first-order valence-electron chi connectivity index (χ1n) is 5.66. The zero-order valence-electron chi connectivity index (χ0n) is 9.55. The van der Waals surface area contributed by atoms with Crippen molar-refractivity contribution in [3.63, 3.8) is 0 Å². The number of rotatable bonds is 3. The lowest BCUT2D eigenvalue weighted by Gasteiger charge is -2.14. The van der Waals surface area contributed by atoms with E-state index in [-0.39, 0.29) is 12.1 Å². The predicted molar refractivity (Wildman–Crippen MR) is 67.0 cm³/mol. The molecular weight excluding hydrogens is 261 g/mol. The number of nitrogens with one attached hydrogen (secondary N) is 2. The van der Waals surface area contributed by atoms with Gasteiger partial charge in [0.05, 0.1) is 5.56 Å². The fourth-order valence-electron chi connectivity index (χ4n) is 1.59. The van der Waals surface area contributed by atoms with Crippen molar-refractivity contribution < 1.29 is 13.2 Å². The number of benzene rings is 1. The van der Waals surface area contributed by atoms with Gasteiger partial charge in [0.1, 0.15) is 0 Å². The van der Waals surface area contributed by atoms with Gasteiger partial charge in [-0.1, -0.05) is 18.2 Å². The Hall–Kier alpha value is -1.30. The van der Waals surface area contributed by atoms with Crippen LogP contribution < -0.4 is 10.6 Å². The highest BCUT2D eigenvalue weighted by Crippen LogP contribution is 2.31. The summed E-state index contributed by atoms with van der Waals surface area (Å²) in [6.07, 6.45) is -2.19.